The minimum absolute atomic E-state index is 0.324. The second-order valence-electron chi connectivity index (χ2n) is 5.64. The van der Waals surface area contributed by atoms with Crippen LogP contribution in [-0.2, 0) is 9.53 Å². The lowest BCUT2D eigenvalue weighted by molar-refractivity contribution is -0.137. The number of carbonyl (C=O) groups is 1. The third-order valence-electron chi connectivity index (χ3n) is 4.31. The summed E-state index contributed by atoms with van der Waals surface area (Å²) in [5.74, 6) is -0.0758. The Bertz CT molecular complexity index is 276. The molecule has 1 aliphatic heterocycles. The molecule has 0 amide bonds. The number of aliphatic carboxylic acids is 1. The summed E-state index contributed by atoms with van der Waals surface area (Å²) in [6, 6.07) is 0.689. The van der Waals surface area contributed by atoms with Crippen LogP contribution in [0.5, 0.6) is 0 Å². The Labute approximate surface area is 109 Å². The van der Waals surface area contributed by atoms with E-state index in [-0.39, 0.29) is 0 Å². The van der Waals surface area contributed by atoms with E-state index in [1.807, 2.05) is 0 Å². The maximum absolute atomic E-state index is 10.6. The van der Waals surface area contributed by atoms with Crippen molar-refractivity contribution in [3.8, 4) is 0 Å². The molecule has 0 bridgehead atoms. The molecule has 0 radical (unpaired) electrons. The first kappa shape index (κ1) is 13.8. The van der Waals surface area contributed by atoms with Gasteiger partial charge in [-0.25, -0.2) is 0 Å². The van der Waals surface area contributed by atoms with Gasteiger partial charge in [0.05, 0.1) is 6.10 Å². The average molecular weight is 255 g/mol. The van der Waals surface area contributed by atoms with Crippen molar-refractivity contribution >= 4 is 5.97 Å². The first-order chi connectivity index (χ1) is 8.69. The van der Waals surface area contributed by atoms with Gasteiger partial charge in [-0.05, 0) is 51.5 Å². The highest BCUT2D eigenvalue weighted by Crippen LogP contribution is 2.32. The Morgan fingerprint density at radius 2 is 2.22 bits per heavy atom. The second-order valence-corrected chi connectivity index (χ2v) is 5.64. The predicted molar refractivity (Wildman–Crippen MR) is 69.6 cm³/mol. The zero-order chi connectivity index (χ0) is 13.0. The Morgan fingerprint density at radius 1 is 1.44 bits per heavy atom. The van der Waals surface area contributed by atoms with Crippen LogP contribution in [0.15, 0.2) is 0 Å². The number of hydrogen-bond donors (Lipinski definition) is 1. The molecule has 1 saturated carbocycles. The van der Waals surface area contributed by atoms with Crippen molar-refractivity contribution in [1.29, 1.82) is 0 Å². The summed E-state index contributed by atoms with van der Waals surface area (Å²) in [6.07, 6.45) is 6.39. The van der Waals surface area contributed by atoms with E-state index >= 15 is 0 Å². The number of carboxylic acids is 1. The summed E-state index contributed by atoms with van der Waals surface area (Å²) in [7, 11) is 0. The topological polar surface area (TPSA) is 49.8 Å². The van der Waals surface area contributed by atoms with Gasteiger partial charge in [0.1, 0.15) is 0 Å². The van der Waals surface area contributed by atoms with Gasteiger partial charge < -0.3 is 9.84 Å². The largest absolute Gasteiger partial charge is 0.481 e. The summed E-state index contributed by atoms with van der Waals surface area (Å²) < 4.78 is 5.60. The summed E-state index contributed by atoms with van der Waals surface area (Å²) in [5, 5.41) is 8.74. The van der Waals surface area contributed by atoms with Crippen LogP contribution in [-0.4, -0.2) is 47.8 Å². The van der Waals surface area contributed by atoms with Gasteiger partial charge in [-0.3, -0.25) is 9.69 Å². The fraction of sp³-hybridized carbons (Fsp3) is 0.929. The number of piperidine rings is 1. The van der Waals surface area contributed by atoms with Gasteiger partial charge in [-0.1, -0.05) is 0 Å². The Hall–Kier alpha value is -0.610. The van der Waals surface area contributed by atoms with E-state index in [1.54, 1.807) is 0 Å². The lowest BCUT2D eigenvalue weighted by atomic mass is 9.84. The maximum atomic E-state index is 10.6. The lowest BCUT2D eigenvalue weighted by Gasteiger charge is -2.46. The molecule has 0 spiro atoms. The van der Waals surface area contributed by atoms with E-state index in [1.165, 1.54) is 32.2 Å². The minimum atomic E-state index is -0.660. The second kappa shape index (κ2) is 6.53. The zero-order valence-corrected chi connectivity index (χ0v) is 11.3. The number of likely N-dealkylation sites (tertiary alicyclic amines) is 1. The minimum Gasteiger partial charge on any atom is -0.481 e. The van der Waals surface area contributed by atoms with Gasteiger partial charge in [0.2, 0.25) is 0 Å². The van der Waals surface area contributed by atoms with Gasteiger partial charge in [-0.2, -0.15) is 0 Å². The summed E-state index contributed by atoms with van der Waals surface area (Å²) >= 11 is 0. The molecule has 0 aromatic carbocycles. The van der Waals surface area contributed by atoms with Gasteiger partial charge in [0, 0.05) is 25.6 Å². The Balaban J connectivity index is 1.69. The smallest absolute Gasteiger partial charge is 0.303 e. The van der Waals surface area contributed by atoms with Gasteiger partial charge >= 0.3 is 5.97 Å². The summed E-state index contributed by atoms with van der Waals surface area (Å²) in [4.78, 5) is 13.2. The summed E-state index contributed by atoms with van der Waals surface area (Å²) in [6.45, 7) is 5.15. The lowest BCUT2D eigenvalue weighted by Crippen LogP contribution is -2.51. The average Bonchev–Trinajstić information content (AvgIpc) is 2.31. The van der Waals surface area contributed by atoms with Crippen LogP contribution in [0.4, 0.5) is 0 Å². The molecule has 104 valence electrons. The van der Waals surface area contributed by atoms with E-state index in [0.717, 1.165) is 19.6 Å². The molecule has 4 heteroatoms. The molecule has 2 fully saturated rings. The molecule has 1 saturated heterocycles. The van der Waals surface area contributed by atoms with Crippen LogP contribution in [0.2, 0.25) is 0 Å². The quantitative estimate of drug-likeness (QED) is 0.790. The Kier molecular flexibility index (Phi) is 5.01. The number of carboxylic acid groups (broad SMARTS) is 1. The number of ether oxygens (including phenoxy) is 1. The van der Waals surface area contributed by atoms with E-state index in [4.69, 9.17) is 9.84 Å². The fourth-order valence-corrected chi connectivity index (χ4v) is 3.20. The fourth-order valence-electron chi connectivity index (χ4n) is 3.20. The highest BCUT2D eigenvalue weighted by atomic mass is 16.5. The molecule has 2 aliphatic rings. The standard InChI is InChI=1S/C14H25NO3/c1-2-18-13-8-12(9-13)15-7-3-4-11(10-15)5-6-14(16)17/h11-13H,2-10H2,1H3,(H,16,17). The summed E-state index contributed by atoms with van der Waals surface area (Å²) in [5.41, 5.74) is 0. The van der Waals surface area contributed by atoms with E-state index in [2.05, 4.69) is 11.8 Å². The first-order valence-electron chi connectivity index (χ1n) is 7.26. The SMILES string of the molecule is CCOC1CC(N2CCCC(CCC(=O)O)C2)C1. The molecule has 0 aromatic heterocycles. The highest BCUT2D eigenvalue weighted by molar-refractivity contribution is 5.66. The third-order valence-corrected chi connectivity index (χ3v) is 4.31. The van der Waals surface area contributed by atoms with E-state index < -0.39 is 5.97 Å². The van der Waals surface area contributed by atoms with Crippen LogP contribution in [0.1, 0.15) is 45.4 Å². The molecular formula is C14H25NO3. The molecule has 0 aromatic rings. The third kappa shape index (κ3) is 3.69. The van der Waals surface area contributed by atoms with Gasteiger partial charge in [0.15, 0.2) is 0 Å². The first-order valence-corrected chi connectivity index (χ1v) is 7.26. The van der Waals surface area contributed by atoms with E-state index in [9.17, 15) is 4.79 Å². The highest BCUT2D eigenvalue weighted by Gasteiger charge is 2.36. The molecule has 2 rings (SSSR count). The molecule has 1 N–H and O–H groups in total. The van der Waals surface area contributed by atoms with Crippen LogP contribution >= 0.6 is 0 Å². The van der Waals surface area contributed by atoms with Gasteiger partial charge in [-0.15, -0.1) is 0 Å². The maximum Gasteiger partial charge on any atom is 0.303 e. The van der Waals surface area contributed by atoms with Crippen molar-refractivity contribution in [2.75, 3.05) is 19.7 Å². The van der Waals surface area contributed by atoms with Crippen molar-refractivity contribution in [3.05, 3.63) is 0 Å². The molecule has 4 nitrogen and oxygen atoms in total. The van der Waals surface area contributed by atoms with Crippen molar-refractivity contribution in [3.63, 3.8) is 0 Å². The molecule has 1 aliphatic carbocycles. The number of rotatable bonds is 6. The molecule has 1 unspecified atom stereocenters. The van der Waals surface area contributed by atoms with Crippen LogP contribution in [0.3, 0.4) is 0 Å². The van der Waals surface area contributed by atoms with Crippen LogP contribution in [0.25, 0.3) is 0 Å². The van der Waals surface area contributed by atoms with Crippen LogP contribution in [0, 0.1) is 5.92 Å². The van der Waals surface area contributed by atoms with Crippen molar-refractivity contribution in [2.24, 2.45) is 5.92 Å². The van der Waals surface area contributed by atoms with Crippen molar-refractivity contribution in [2.45, 2.75) is 57.6 Å². The van der Waals surface area contributed by atoms with Crippen LogP contribution < -0.4 is 0 Å². The number of nitrogens with zero attached hydrogens (tertiary/aromatic N) is 1. The van der Waals surface area contributed by atoms with Crippen molar-refractivity contribution in [1.82, 2.24) is 4.90 Å². The zero-order valence-electron chi connectivity index (χ0n) is 11.3. The predicted octanol–water partition coefficient (Wildman–Crippen LogP) is 2.13. The molecule has 1 heterocycles. The van der Waals surface area contributed by atoms with Gasteiger partial charge in [0.25, 0.3) is 0 Å². The van der Waals surface area contributed by atoms with Crippen molar-refractivity contribution < 1.29 is 14.6 Å². The molecule has 1 atom stereocenters. The normalized spacial score (nSPS) is 33.1. The molecular weight excluding hydrogens is 230 g/mol. The van der Waals surface area contributed by atoms with E-state index in [0.29, 0.717) is 24.5 Å². The Morgan fingerprint density at radius 3 is 2.89 bits per heavy atom. The molecule has 18 heavy (non-hydrogen) atoms. The monoisotopic (exact) mass is 255 g/mol. The number of hydrogen-bond acceptors (Lipinski definition) is 3.